The van der Waals surface area contributed by atoms with Crippen LogP contribution in [0.5, 0.6) is 5.75 Å². The summed E-state index contributed by atoms with van der Waals surface area (Å²) < 4.78 is 51.0. The molecule has 208 valence electrons. The second kappa shape index (κ2) is 11.4. The van der Waals surface area contributed by atoms with Gasteiger partial charge in [-0.05, 0) is 67.0 Å². The minimum absolute atomic E-state index is 0.00680. The minimum Gasteiger partial charge on any atom is -0.490 e. The number of nitrogens with zero attached hydrogens (tertiary/aromatic N) is 2. The van der Waals surface area contributed by atoms with Crippen molar-refractivity contribution in [3.63, 3.8) is 0 Å². The van der Waals surface area contributed by atoms with E-state index in [2.05, 4.69) is 49.9 Å². The first-order valence-corrected chi connectivity index (χ1v) is 13.3. The Labute approximate surface area is 222 Å². The van der Waals surface area contributed by atoms with Crippen molar-refractivity contribution in [2.45, 2.75) is 70.3 Å². The van der Waals surface area contributed by atoms with E-state index in [1.165, 1.54) is 23.4 Å². The van der Waals surface area contributed by atoms with Gasteiger partial charge >= 0.3 is 6.18 Å². The number of anilines is 2. The number of halogens is 3. The predicted octanol–water partition coefficient (Wildman–Crippen LogP) is 5.64. The first kappa shape index (κ1) is 28.1. The molecule has 1 amide bonds. The molecule has 2 aliphatic rings. The molecule has 1 saturated heterocycles. The largest absolute Gasteiger partial charge is 0.490 e. The van der Waals surface area contributed by atoms with Crippen molar-refractivity contribution in [3.05, 3.63) is 53.6 Å². The Bertz CT molecular complexity index is 1080. The van der Waals surface area contributed by atoms with Gasteiger partial charge in [0.05, 0.1) is 17.8 Å². The summed E-state index contributed by atoms with van der Waals surface area (Å²) in [7, 11) is 0. The third kappa shape index (κ3) is 7.12. The normalized spacial score (nSPS) is 20.9. The van der Waals surface area contributed by atoms with Gasteiger partial charge in [0, 0.05) is 37.6 Å². The lowest BCUT2D eigenvalue weighted by Gasteiger charge is -2.36. The number of hydrogen-bond donors (Lipinski definition) is 1. The third-order valence-electron chi connectivity index (χ3n) is 7.43. The summed E-state index contributed by atoms with van der Waals surface area (Å²) in [5, 5.41) is 0. The highest BCUT2D eigenvalue weighted by atomic mass is 19.4. The number of piperazine rings is 1. The number of nitrogen functional groups attached to an aromatic ring is 1. The molecule has 2 aromatic carbocycles. The molecular formula is C29H38F3N3O3. The van der Waals surface area contributed by atoms with Gasteiger partial charge in [-0.3, -0.25) is 4.79 Å². The van der Waals surface area contributed by atoms with Gasteiger partial charge in [0.25, 0.3) is 0 Å². The molecule has 9 heteroatoms. The first-order valence-electron chi connectivity index (χ1n) is 13.3. The van der Waals surface area contributed by atoms with Crippen LogP contribution in [-0.4, -0.2) is 55.8 Å². The van der Waals surface area contributed by atoms with Crippen LogP contribution < -0.4 is 15.4 Å². The molecule has 1 aliphatic heterocycles. The maximum atomic E-state index is 13.1. The van der Waals surface area contributed by atoms with E-state index in [1.807, 2.05) is 4.90 Å². The molecule has 2 N–H and O–H groups in total. The number of ether oxygens (including phenoxy) is 2. The van der Waals surface area contributed by atoms with Crippen molar-refractivity contribution in [3.8, 4) is 5.75 Å². The molecular weight excluding hydrogens is 495 g/mol. The van der Waals surface area contributed by atoms with Gasteiger partial charge in [0.2, 0.25) is 5.91 Å². The summed E-state index contributed by atoms with van der Waals surface area (Å²) >= 11 is 0. The van der Waals surface area contributed by atoms with Crippen LogP contribution in [-0.2, 0) is 21.1 Å². The molecule has 2 fully saturated rings. The van der Waals surface area contributed by atoms with Crippen LogP contribution in [0.15, 0.2) is 42.5 Å². The molecule has 4 rings (SSSR count). The number of hydrogen-bond acceptors (Lipinski definition) is 5. The van der Waals surface area contributed by atoms with Crippen LogP contribution in [0.1, 0.15) is 57.6 Å². The van der Waals surface area contributed by atoms with Crippen LogP contribution in [0.25, 0.3) is 0 Å². The van der Waals surface area contributed by atoms with Gasteiger partial charge in [-0.25, -0.2) is 0 Å². The molecule has 1 aliphatic carbocycles. The van der Waals surface area contributed by atoms with Crippen LogP contribution in [0, 0.1) is 0 Å². The summed E-state index contributed by atoms with van der Waals surface area (Å²) in [5.41, 5.74) is 6.86. The topological polar surface area (TPSA) is 68.0 Å². The lowest BCUT2D eigenvalue weighted by atomic mass is 9.87. The summed E-state index contributed by atoms with van der Waals surface area (Å²) in [6, 6.07) is 12.3. The maximum absolute atomic E-state index is 13.1. The zero-order chi connectivity index (χ0) is 27.5. The molecule has 0 aromatic heterocycles. The highest BCUT2D eigenvalue weighted by molar-refractivity contribution is 5.77. The number of carbonyl (C=O) groups excluding carboxylic acids is 1. The molecule has 0 unspecified atom stereocenters. The summed E-state index contributed by atoms with van der Waals surface area (Å²) in [6.07, 6.45) is -2.09. The lowest BCUT2D eigenvalue weighted by Crippen LogP contribution is -2.50. The van der Waals surface area contributed by atoms with Gasteiger partial charge < -0.3 is 25.0 Å². The molecule has 0 spiro atoms. The summed E-state index contributed by atoms with van der Waals surface area (Å²) in [6.45, 7) is 9.52. The van der Waals surface area contributed by atoms with Crippen molar-refractivity contribution in [2.24, 2.45) is 0 Å². The van der Waals surface area contributed by atoms with Crippen molar-refractivity contribution >= 4 is 17.3 Å². The highest BCUT2D eigenvalue weighted by Gasteiger charge is 2.34. The smallest absolute Gasteiger partial charge is 0.418 e. The van der Waals surface area contributed by atoms with E-state index >= 15 is 0 Å². The van der Waals surface area contributed by atoms with E-state index in [-0.39, 0.29) is 41.6 Å². The van der Waals surface area contributed by atoms with E-state index in [0.717, 1.165) is 19.2 Å². The first-order chi connectivity index (χ1) is 17.9. The van der Waals surface area contributed by atoms with Crippen LogP contribution in [0.3, 0.4) is 0 Å². The number of carbonyl (C=O) groups is 1. The Morgan fingerprint density at radius 2 is 1.53 bits per heavy atom. The van der Waals surface area contributed by atoms with Crippen LogP contribution >= 0.6 is 0 Å². The molecule has 1 heterocycles. The third-order valence-corrected chi connectivity index (χ3v) is 7.43. The Balaban J connectivity index is 1.17. The molecule has 2 aromatic rings. The standard InChI is InChI=1S/C29H38F3N3O3/c1-28(2,3)20-4-6-21(7-5-20)34-14-16-35(17-15-34)27(36)19-37-22-8-10-23(11-9-22)38-24-12-13-26(33)25(18-24)29(30,31)32/h4-7,12-13,18,22-23H,8-11,14-17,19,33H2,1-3H3. The van der Waals surface area contributed by atoms with E-state index in [4.69, 9.17) is 15.2 Å². The van der Waals surface area contributed by atoms with E-state index in [0.29, 0.717) is 38.8 Å². The second-order valence-electron chi connectivity index (χ2n) is 11.2. The predicted molar refractivity (Wildman–Crippen MR) is 142 cm³/mol. The number of nitrogens with two attached hydrogens (primary N) is 1. The zero-order valence-electron chi connectivity index (χ0n) is 22.4. The van der Waals surface area contributed by atoms with Crippen molar-refractivity contribution in [1.82, 2.24) is 4.90 Å². The van der Waals surface area contributed by atoms with Crippen LogP contribution in [0.2, 0.25) is 0 Å². The van der Waals surface area contributed by atoms with Gasteiger partial charge in [0.15, 0.2) is 0 Å². The maximum Gasteiger partial charge on any atom is 0.418 e. The highest BCUT2D eigenvalue weighted by Crippen LogP contribution is 2.36. The quantitative estimate of drug-likeness (QED) is 0.487. The molecule has 1 saturated carbocycles. The summed E-state index contributed by atoms with van der Waals surface area (Å²) in [4.78, 5) is 16.9. The van der Waals surface area contributed by atoms with Crippen molar-refractivity contribution in [2.75, 3.05) is 43.4 Å². The Hall–Kier alpha value is -2.94. The SMILES string of the molecule is CC(C)(C)c1ccc(N2CCN(C(=O)COC3CCC(Oc4ccc(N)c(C(F)(F)F)c4)CC3)CC2)cc1. The van der Waals surface area contributed by atoms with Gasteiger partial charge in [0.1, 0.15) is 12.4 Å². The lowest BCUT2D eigenvalue weighted by molar-refractivity contribution is -0.139. The Kier molecular flexibility index (Phi) is 8.45. The number of alkyl halides is 3. The number of benzene rings is 2. The molecule has 0 radical (unpaired) electrons. The van der Waals surface area contributed by atoms with E-state index in [9.17, 15) is 18.0 Å². The second-order valence-corrected chi connectivity index (χ2v) is 11.2. The average Bonchev–Trinajstić information content (AvgIpc) is 2.88. The monoisotopic (exact) mass is 533 g/mol. The fourth-order valence-electron chi connectivity index (χ4n) is 5.03. The molecule has 38 heavy (non-hydrogen) atoms. The number of amides is 1. The Morgan fingerprint density at radius 1 is 0.921 bits per heavy atom. The fourth-order valence-corrected chi connectivity index (χ4v) is 5.03. The number of rotatable bonds is 6. The molecule has 0 atom stereocenters. The van der Waals surface area contributed by atoms with Gasteiger partial charge in [-0.2, -0.15) is 13.2 Å². The fraction of sp³-hybridized carbons (Fsp3) is 0.552. The summed E-state index contributed by atoms with van der Waals surface area (Å²) in [5.74, 6) is 0.156. The molecule has 6 nitrogen and oxygen atoms in total. The van der Waals surface area contributed by atoms with Gasteiger partial charge in [-0.1, -0.05) is 32.9 Å². The van der Waals surface area contributed by atoms with E-state index < -0.39 is 11.7 Å². The van der Waals surface area contributed by atoms with Crippen molar-refractivity contribution in [1.29, 1.82) is 0 Å². The van der Waals surface area contributed by atoms with E-state index in [1.54, 1.807) is 0 Å². The molecule has 0 bridgehead atoms. The zero-order valence-corrected chi connectivity index (χ0v) is 22.4. The minimum atomic E-state index is -4.52. The Morgan fingerprint density at radius 3 is 2.11 bits per heavy atom. The van der Waals surface area contributed by atoms with Crippen molar-refractivity contribution < 1.29 is 27.4 Å². The van der Waals surface area contributed by atoms with Crippen LogP contribution in [0.4, 0.5) is 24.5 Å². The van der Waals surface area contributed by atoms with Gasteiger partial charge in [-0.15, -0.1) is 0 Å². The average molecular weight is 534 g/mol.